The molecule has 7 heteroatoms. The van der Waals surface area contributed by atoms with Gasteiger partial charge in [-0.2, -0.15) is 0 Å². The van der Waals surface area contributed by atoms with Crippen LogP contribution in [-0.2, 0) is 24.2 Å². The van der Waals surface area contributed by atoms with Crippen LogP contribution in [0.25, 0.3) is 10.2 Å². The highest BCUT2D eigenvalue weighted by Crippen LogP contribution is 2.37. The standard InChI is InChI=1S/C16H22N4O2S/c1-2-5-10(16(21)22)18-8-12-19-14(17)13-9-6-3-4-7-11(9)23-15(13)20-12/h10,18H,2-8H2,1H3,(H,21,22)(H2,17,19,20). The molecule has 124 valence electrons. The maximum Gasteiger partial charge on any atom is 0.320 e. The van der Waals surface area contributed by atoms with Crippen LogP contribution in [-0.4, -0.2) is 27.1 Å². The van der Waals surface area contributed by atoms with Gasteiger partial charge in [0.1, 0.15) is 22.5 Å². The van der Waals surface area contributed by atoms with Crippen LogP contribution < -0.4 is 11.1 Å². The van der Waals surface area contributed by atoms with Gasteiger partial charge in [-0.05, 0) is 37.7 Å². The molecule has 4 N–H and O–H groups in total. The van der Waals surface area contributed by atoms with Gasteiger partial charge >= 0.3 is 5.97 Å². The topological polar surface area (TPSA) is 101 Å². The molecular formula is C16H22N4O2S. The molecule has 2 aromatic rings. The zero-order valence-electron chi connectivity index (χ0n) is 13.3. The number of hydrogen-bond donors (Lipinski definition) is 3. The number of aliphatic carboxylic acids is 1. The van der Waals surface area contributed by atoms with Crippen molar-refractivity contribution in [2.24, 2.45) is 0 Å². The summed E-state index contributed by atoms with van der Waals surface area (Å²) in [5.41, 5.74) is 7.48. The first-order valence-electron chi connectivity index (χ1n) is 8.13. The molecule has 0 fully saturated rings. The van der Waals surface area contributed by atoms with E-state index < -0.39 is 12.0 Å². The highest BCUT2D eigenvalue weighted by Gasteiger charge is 2.21. The normalized spacial score (nSPS) is 15.5. The van der Waals surface area contributed by atoms with Crippen LogP contribution in [0, 0.1) is 0 Å². The molecule has 1 atom stereocenters. The molecule has 1 aliphatic rings. The van der Waals surface area contributed by atoms with Crippen molar-refractivity contribution in [3.05, 3.63) is 16.3 Å². The molecular weight excluding hydrogens is 312 g/mol. The Kier molecular flexibility index (Phi) is 4.77. The van der Waals surface area contributed by atoms with E-state index in [2.05, 4.69) is 15.3 Å². The number of nitrogen functional groups attached to an aromatic ring is 1. The molecule has 0 spiro atoms. The summed E-state index contributed by atoms with van der Waals surface area (Å²) in [5, 5.41) is 13.2. The van der Waals surface area contributed by atoms with Gasteiger partial charge in [-0.1, -0.05) is 13.3 Å². The van der Waals surface area contributed by atoms with E-state index >= 15 is 0 Å². The summed E-state index contributed by atoms with van der Waals surface area (Å²) >= 11 is 1.70. The van der Waals surface area contributed by atoms with Crippen LogP contribution in [0.15, 0.2) is 0 Å². The number of aryl methyl sites for hydroxylation is 2. The predicted octanol–water partition coefficient (Wildman–Crippen LogP) is 2.50. The average molecular weight is 334 g/mol. The molecule has 23 heavy (non-hydrogen) atoms. The van der Waals surface area contributed by atoms with Crippen molar-refractivity contribution in [1.29, 1.82) is 0 Å². The lowest BCUT2D eigenvalue weighted by atomic mass is 9.97. The Morgan fingerprint density at radius 1 is 1.39 bits per heavy atom. The monoisotopic (exact) mass is 334 g/mol. The van der Waals surface area contributed by atoms with Gasteiger partial charge in [0.05, 0.1) is 11.9 Å². The first-order valence-corrected chi connectivity index (χ1v) is 8.94. The Labute approximate surface area is 139 Å². The maximum absolute atomic E-state index is 11.2. The zero-order valence-corrected chi connectivity index (χ0v) is 14.1. The van der Waals surface area contributed by atoms with E-state index in [9.17, 15) is 9.90 Å². The number of fused-ring (bicyclic) bond motifs is 3. The molecule has 3 rings (SSSR count). The van der Waals surface area contributed by atoms with Gasteiger partial charge in [-0.15, -0.1) is 11.3 Å². The lowest BCUT2D eigenvalue weighted by Gasteiger charge is -2.13. The number of carboxylic acids is 1. The Balaban J connectivity index is 1.84. The molecule has 0 bridgehead atoms. The molecule has 1 unspecified atom stereocenters. The highest BCUT2D eigenvalue weighted by molar-refractivity contribution is 7.19. The Morgan fingerprint density at radius 3 is 2.91 bits per heavy atom. The number of carbonyl (C=O) groups is 1. The van der Waals surface area contributed by atoms with Crippen LogP contribution in [0.1, 0.15) is 48.9 Å². The van der Waals surface area contributed by atoms with E-state index in [1.807, 2.05) is 6.92 Å². The first-order chi connectivity index (χ1) is 11.1. The predicted molar refractivity (Wildman–Crippen MR) is 91.6 cm³/mol. The molecule has 2 heterocycles. The maximum atomic E-state index is 11.2. The van der Waals surface area contributed by atoms with Gasteiger partial charge in [-0.3, -0.25) is 10.1 Å². The van der Waals surface area contributed by atoms with E-state index in [0.29, 0.717) is 24.6 Å². The Bertz CT molecular complexity index is 728. The number of anilines is 1. The van der Waals surface area contributed by atoms with E-state index in [1.54, 1.807) is 11.3 Å². The molecule has 1 aliphatic carbocycles. The second-order valence-electron chi connectivity index (χ2n) is 5.98. The van der Waals surface area contributed by atoms with Gasteiger partial charge in [-0.25, -0.2) is 9.97 Å². The van der Waals surface area contributed by atoms with Crippen LogP contribution in [0.4, 0.5) is 5.82 Å². The lowest BCUT2D eigenvalue weighted by molar-refractivity contribution is -0.139. The Morgan fingerprint density at radius 2 is 2.17 bits per heavy atom. The fourth-order valence-corrected chi connectivity index (χ4v) is 4.41. The summed E-state index contributed by atoms with van der Waals surface area (Å²) in [7, 11) is 0. The molecule has 0 saturated heterocycles. The van der Waals surface area contributed by atoms with Crippen molar-refractivity contribution in [1.82, 2.24) is 15.3 Å². The number of carboxylic acid groups (broad SMARTS) is 1. The molecule has 2 aromatic heterocycles. The minimum Gasteiger partial charge on any atom is -0.480 e. The van der Waals surface area contributed by atoms with Crippen molar-refractivity contribution in [3.8, 4) is 0 Å². The van der Waals surface area contributed by atoms with E-state index in [-0.39, 0.29) is 0 Å². The molecule has 0 aliphatic heterocycles. The number of aromatic nitrogens is 2. The average Bonchev–Trinajstić information content (AvgIpc) is 2.89. The van der Waals surface area contributed by atoms with Crippen molar-refractivity contribution < 1.29 is 9.90 Å². The van der Waals surface area contributed by atoms with E-state index in [1.165, 1.54) is 23.3 Å². The van der Waals surface area contributed by atoms with Gasteiger partial charge < -0.3 is 10.8 Å². The number of hydrogen-bond acceptors (Lipinski definition) is 6. The van der Waals surface area contributed by atoms with Gasteiger partial charge in [0.25, 0.3) is 0 Å². The van der Waals surface area contributed by atoms with E-state index in [4.69, 9.17) is 5.73 Å². The molecule has 0 aromatic carbocycles. The number of nitrogens with two attached hydrogens (primary N) is 1. The zero-order chi connectivity index (χ0) is 16.4. The first kappa shape index (κ1) is 16.1. The van der Waals surface area contributed by atoms with Crippen molar-refractivity contribution in [2.75, 3.05) is 5.73 Å². The Hall–Kier alpha value is -1.73. The fraction of sp³-hybridized carbons (Fsp3) is 0.562. The lowest BCUT2D eigenvalue weighted by Crippen LogP contribution is -2.36. The second kappa shape index (κ2) is 6.80. The van der Waals surface area contributed by atoms with Crippen LogP contribution in [0.5, 0.6) is 0 Å². The van der Waals surface area contributed by atoms with E-state index in [0.717, 1.165) is 29.5 Å². The third-order valence-electron chi connectivity index (χ3n) is 4.27. The van der Waals surface area contributed by atoms with Crippen LogP contribution in [0.3, 0.4) is 0 Å². The summed E-state index contributed by atoms with van der Waals surface area (Å²) in [6, 6.07) is -0.572. The summed E-state index contributed by atoms with van der Waals surface area (Å²) in [6.07, 6.45) is 5.96. The molecule has 0 amide bonds. The number of nitrogens with one attached hydrogen (secondary N) is 1. The van der Waals surface area contributed by atoms with Gasteiger partial charge in [0, 0.05) is 4.88 Å². The quantitative estimate of drug-likeness (QED) is 0.750. The van der Waals surface area contributed by atoms with Crippen molar-refractivity contribution in [2.45, 2.75) is 58.0 Å². The third kappa shape index (κ3) is 3.30. The minimum absolute atomic E-state index is 0.319. The number of rotatable bonds is 6. The van der Waals surface area contributed by atoms with Gasteiger partial charge in [0.15, 0.2) is 0 Å². The largest absolute Gasteiger partial charge is 0.480 e. The number of thiophene rings is 1. The summed E-state index contributed by atoms with van der Waals surface area (Å²) < 4.78 is 0. The minimum atomic E-state index is -0.840. The van der Waals surface area contributed by atoms with Crippen molar-refractivity contribution >= 4 is 33.3 Å². The van der Waals surface area contributed by atoms with Crippen molar-refractivity contribution in [3.63, 3.8) is 0 Å². The summed E-state index contributed by atoms with van der Waals surface area (Å²) in [4.78, 5) is 22.5. The SMILES string of the molecule is CCCC(NCc1nc(N)c2c3c(sc2n1)CCCC3)C(=O)O. The van der Waals surface area contributed by atoms with Crippen LogP contribution >= 0.6 is 11.3 Å². The second-order valence-corrected chi connectivity index (χ2v) is 7.06. The fourth-order valence-electron chi connectivity index (χ4n) is 3.13. The molecule has 6 nitrogen and oxygen atoms in total. The smallest absolute Gasteiger partial charge is 0.320 e. The van der Waals surface area contributed by atoms with Crippen LogP contribution in [0.2, 0.25) is 0 Å². The highest BCUT2D eigenvalue weighted by atomic mass is 32.1. The summed E-state index contributed by atoms with van der Waals surface area (Å²) in [6.45, 7) is 2.29. The number of nitrogens with zero attached hydrogens (tertiary/aromatic N) is 2. The van der Waals surface area contributed by atoms with Gasteiger partial charge in [0.2, 0.25) is 0 Å². The molecule has 0 saturated carbocycles. The molecule has 0 radical (unpaired) electrons. The summed E-state index contributed by atoms with van der Waals surface area (Å²) in [5.74, 6) is 0.247. The third-order valence-corrected chi connectivity index (χ3v) is 5.46.